The zero-order chi connectivity index (χ0) is 19.3. The van der Waals surface area contributed by atoms with E-state index in [-0.39, 0.29) is 17.6 Å². The minimum atomic E-state index is -0.419. The van der Waals surface area contributed by atoms with Crippen molar-refractivity contribution in [1.82, 2.24) is 10.9 Å². The van der Waals surface area contributed by atoms with Gasteiger partial charge in [-0.15, -0.1) is 0 Å². The second kappa shape index (κ2) is 9.05. The van der Waals surface area contributed by atoms with Gasteiger partial charge in [0.05, 0.1) is 6.54 Å². The summed E-state index contributed by atoms with van der Waals surface area (Å²) in [7, 11) is 0. The van der Waals surface area contributed by atoms with Crippen LogP contribution in [0.4, 0.5) is 0 Å². The number of aliphatic imine (C=N–C) groups is 1. The lowest BCUT2D eigenvalue weighted by atomic mass is 9.89. The van der Waals surface area contributed by atoms with E-state index in [0.29, 0.717) is 11.3 Å². The van der Waals surface area contributed by atoms with Gasteiger partial charge < -0.3 is 4.42 Å². The molecule has 0 unspecified atom stereocenters. The van der Waals surface area contributed by atoms with Crippen molar-refractivity contribution in [3.05, 3.63) is 35.6 Å². The summed E-state index contributed by atoms with van der Waals surface area (Å²) in [5.74, 6) is 1.31. The van der Waals surface area contributed by atoms with Crippen LogP contribution in [0.25, 0.3) is 11.0 Å². The molecule has 2 aliphatic rings. The molecule has 1 aromatic carbocycles. The lowest BCUT2D eigenvalue weighted by molar-refractivity contribution is -0.126. The molecule has 2 aromatic rings. The maximum atomic E-state index is 12.8. The SMILES string of the molecule is O=C(NNC(=O)C1CCCCC1)c1oc2ccccc2c1CSC1=NCCS1. The summed E-state index contributed by atoms with van der Waals surface area (Å²) in [6.45, 7) is 0.847. The Morgan fingerprint density at radius 1 is 1.18 bits per heavy atom. The van der Waals surface area contributed by atoms with Gasteiger partial charge in [0.25, 0.3) is 0 Å². The molecular weight excluding hydrogens is 394 g/mol. The number of carbonyl (C=O) groups is 2. The Bertz CT molecular complexity index is 903. The van der Waals surface area contributed by atoms with Crippen LogP contribution in [0.2, 0.25) is 0 Å². The van der Waals surface area contributed by atoms with E-state index in [1.807, 2.05) is 24.3 Å². The van der Waals surface area contributed by atoms with Crippen molar-refractivity contribution < 1.29 is 14.0 Å². The molecule has 1 saturated carbocycles. The maximum absolute atomic E-state index is 12.8. The van der Waals surface area contributed by atoms with Crippen molar-refractivity contribution in [3.63, 3.8) is 0 Å². The molecule has 2 N–H and O–H groups in total. The fraction of sp³-hybridized carbons (Fsp3) is 0.450. The summed E-state index contributed by atoms with van der Waals surface area (Å²) in [4.78, 5) is 29.5. The lowest BCUT2D eigenvalue weighted by Crippen LogP contribution is -2.45. The molecule has 0 saturated heterocycles. The molecule has 1 aromatic heterocycles. The molecule has 2 heterocycles. The first-order chi connectivity index (χ1) is 13.7. The van der Waals surface area contributed by atoms with Gasteiger partial charge in [-0.2, -0.15) is 0 Å². The van der Waals surface area contributed by atoms with E-state index in [1.54, 1.807) is 23.5 Å². The number of para-hydroxylation sites is 1. The summed E-state index contributed by atoms with van der Waals surface area (Å²) < 4.78 is 6.87. The monoisotopic (exact) mass is 417 g/mol. The average Bonchev–Trinajstić information content (AvgIpc) is 3.38. The molecule has 8 heteroatoms. The number of thioether (sulfide) groups is 2. The van der Waals surface area contributed by atoms with E-state index in [9.17, 15) is 9.59 Å². The van der Waals surface area contributed by atoms with Crippen LogP contribution in [0, 0.1) is 5.92 Å². The van der Waals surface area contributed by atoms with Crippen LogP contribution < -0.4 is 10.9 Å². The molecule has 6 nitrogen and oxygen atoms in total. The van der Waals surface area contributed by atoms with E-state index >= 15 is 0 Å². The molecule has 1 fully saturated rings. The predicted octanol–water partition coefficient (Wildman–Crippen LogP) is 4.11. The lowest BCUT2D eigenvalue weighted by Gasteiger charge is -2.20. The highest BCUT2D eigenvalue weighted by Gasteiger charge is 2.24. The van der Waals surface area contributed by atoms with Crippen molar-refractivity contribution in [2.75, 3.05) is 12.3 Å². The number of fused-ring (bicyclic) bond motifs is 1. The van der Waals surface area contributed by atoms with E-state index in [1.165, 1.54) is 6.42 Å². The molecular formula is C20H23N3O3S2. The standard InChI is InChI=1S/C20H23N3O3S2/c24-18(13-6-2-1-3-7-13)22-23-19(25)17-15(12-28-20-21-10-11-27-20)14-8-4-5-9-16(14)26-17/h4-5,8-9,13H,1-3,6-7,10-12H2,(H,22,24)(H,23,25). The van der Waals surface area contributed by atoms with Crippen molar-refractivity contribution in [2.24, 2.45) is 10.9 Å². The number of nitrogens with zero attached hydrogens (tertiary/aromatic N) is 1. The first kappa shape index (κ1) is 19.4. The van der Waals surface area contributed by atoms with Crippen molar-refractivity contribution in [2.45, 2.75) is 37.9 Å². The maximum Gasteiger partial charge on any atom is 0.305 e. The van der Waals surface area contributed by atoms with Gasteiger partial charge in [0.15, 0.2) is 5.76 Å². The molecule has 0 bridgehead atoms. The summed E-state index contributed by atoms with van der Waals surface area (Å²) in [6.07, 6.45) is 5.08. The number of furan rings is 1. The number of rotatable bonds is 4. The van der Waals surface area contributed by atoms with Gasteiger partial charge in [-0.3, -0.25) is 25.4 Å². The summed E-state index contributed by atoms with van der Waals surface area (Å²) in [5.41, 5.74) is 6.64. The van der Waals surface area contributed by atoms with Gasteiger partial charge >= 0.3 is 5.91 Å². The van der Waals surface area contributed by atoms with Gasteiger partial charge in [0.1, 0.15) is 9.96 Å². The molecule has 148 valence electrons. The largest absolute Gasteiger partial charge is 0.451 e. The number of nitrogens with one attached hydrogen (secondary N) is 2. The molecule has 2 amide bonds. The Balaban J connectivity index is 1.47. The number of hydrogen-bond donors (Lipinski definition) is 2. The van der Waals surface area contributed by atoms with Crippen LogP contribution in [0.15, 0.2) is 33.7 Å². The van der Waals surface area contributed by atoms with E-state index < -0.39 is 5.91 Å². The quantitative estimate of drug-likeness (QED) is 0.732. The van der Waals surface area contributed by atoms with Gasteiger partial charge in [-0.1, -0.05) is 61.0 Å². The fourth-order valence-corrected chi connectivity index (χ4v) is 5.64. The Morgan fingerprint density at radius 2 is 2.00 bits per heavy atom. The minimum absolute atomic E-state index is 0.0165. The third-order valence-corrected chi connectivity index (χ3v) is 7.36. The number of benzene rings is 1. The van der Waals surface area contributed by atoms with Crippen LogP contribution in [0.3, 0.4) is 0 Å². The average molecular weight is 418 g/mol. The molecule has 28 heavy (non-hydrogen) atoms. The molecule has 1 aliphatic heterocycles. The summed E-state index contributed by atoms with van der Waals surface area (Å²) in [5, 5.41) is 0.919. The van der Waals surface area contributed by atoms with Gasteiger partial charge in [-0.25, -0.2) is 0 Å². The van der Waals surface area contributed by atoms with Gasteiger partial charge in [-0.05, 0) is 18.9 Å². The highest BCUT2D eigenvalue weighted by atomic mass is 32.2. The number of hydrazine groups is 1. The number of amides is 2. The first-order valence-electron chi connectivity index (χ1n) is 9.63. The fourth-order valence-electron chi connectivity index (χ4n) is 3.60. The molecule has 0 radical (unpaired) electrons. The number of hydrogen-bond acceptors (Lipinski definition) is 6. The Morgan fingerprint density at radius 3 is 2.79 bits per heavy atom. The third kappa shape index (κ3) is 4.38. The van der Waals surface area contributed by atoms with Gasteiger partial charge in [0, 0.05) is 28.4 Å². The normalized spacial score (nSPS) is 17.5. The minimum Gasteiger partial charge on any atom is -0.451 e. The predicted molar refractivity (Wildman–Crippen MR) is 114 cm³/mol. The number of carbonyl (C=O) groups excluding carboxylic acids is 2. The Kier molecular flexibility index (Phi) is 6.26. The highest BCUT2D eigenvalue weighted by Crippen LogP contribution is 2.32. The van der Waals surface area contributed by atoms with E-state index in [4.69, 9.17) is 4.42 Å². The van der Waals surface area contributed by atoms with E-state index in [0.717, 1.165) is 53.3 Å². The molecule has 0 spiro atoms. The summed E-state index contributed by atoms with van der Waals surface area (Å²) in [6, 6.07) is 7.62. The zero-order valence-electron chi connectivity index (χ0n) is 15.5. The first-order valence-corrected chi connectivity index (χ1v) is 11.6. The van der Waals surface area contributed by atoms with Crippen LogP contribution in [-0.2, 0) is 10.5 Å². The van der Waals surface area contributed by atoms with Crippen molar-refractivity contribution >= 4 is 50.7 Å². The Hall–Kier alpha value is -1.93. The second-order valence-electron chi connectivity index (χ2n) is 6.97. The van der Waals surface area contributed by atoms with Crippen LogP contribution in [-0.4, -0.2) is 28.5 Å². The second-order valence-corrected chi connectivity index (χ2v) is 9.28. The Labute approximate surface area is 172 Å². The van der Waals surface area contributed by atoms with Gasteiger partial charge in [0.2, 0.25) is 5.91 Å². The van der Waals surface area contributed by atoms with Crippen LogP contribution in [0.1, 0.15) is 48.2 Å². The molecule has 0 atom stereocenters. The van der Waals surface area contributed by atoms with Crippen molar-refractivity contribution in [1.29, 1.82) is 0 Å². The summed E-state index contributed by atoms with van der Waals surface area (Å²) >= 11 is 3.36. The highest BCUT2D eigenvalue weighted by molar-refractivity contribution is 8.38. The third-order valence-electron chi connectivity index (χ3n) is 5.08. The smallest absolute Gasteiger partial charge is 0.305 e. The van der Waals surface area contributed by atoms with Crippen LogP contribution in [0.5, 0.6) is 0 Å². The van der Waals surface area contributed by atoms with Crippen molar-refractivity contribution in [3.8, 4) is 0 Å². The zero-order valence-corrected chi connectivity index (χ0v) is 17.2. The molecule has 4 rings (SSSR count). The van der Waals surface area contributed by atoms with Crippen LogP contribution >= 0.6 is 23.5 Å². The molecule has 1 aliphatic carbocycles. The van der Waals surface area contributed by atoms with E-state index in [2.05, 4.69) is 15.8 Å². The topological polar surface area (TPSA) is 83.7 Å².